The first-order valence-corrected chi connectivity index (χ1v) is 10.4. The zero-order chi connectivity index (χ0) is 20.0. The van der Waals surface area contributed by atoms with Crippen molar-refractivity contribution in [2.75, 3.05) is 0 Å². The maximum Gasteiger partial charge on any atom is 0.163 e. The standard InChI is InChI=1S/C24H21ClFN3/c1-2-15-3-12-22-20(13-15)23(17-6-10-19(26)11-7-17)28-24-21(14-27-29(22)24)16-4-8-18(25)9-5-16/h4-11,14-15H,2-3,12-13H2,1H3/t15-/m0/s1. The van der Waals surface area contributed by atoms with E-state index in [1.165, 1.54) is 23.4 Å². The Morgan fingerprint density at radius 2 is 1.79 bits per heavy atom. The minimum atomic E-state index is -0.235. The lowest BCUT2D eigenvalue weighted by atomic mass is 9.83. The molecule has 0 saturated carbocycles. The van der Waals surface area contributed by atoms with Gasteiger partial charge in [0.25, 0.3) is 0 Å². The van der Waals surface area contributed by atoms with Crippen LogP contribution in [0.15, 0.2) is 54.7 Å². The predicted octanol–water partition coefficient (Wildman–Crippen LogP) is 6.37. The van der Waals surface area contributed by atoms with Crippen molar-refractivity contribution in [2.24, 2.45) is 5.92 Å². The summed E-state index contributed by atoms with van der Waals surface area (Å²) in [4.78, 5) is 5.06. The third-order valence-corrected chi connectivity index (χ3v) is 6.24. The van der Waals surface area contributed by atoms with E-state index >= 15 is 0 Å². The molecule has 1 aliphatic rings. The largest absolute Gasteiger partial charge is 0.228 e. The summed E-state index contributed by atoms with van der Waals surface area (Å²) in [6.07, 6.45) is 6.14. The minimum absolute atomic E-state index is 0.235. The molecule has 1 aliphatic carbocycles. The first kappa shape index (κ1) is 18.3. The Kier molecular flexibility index (Phi) is 4.59. The fourth-order valence-corrected chi connectivity index (χ4v) is 4.44. The van der Waals surface area contributed by atoms with E-state index in [-0.39, 0.29) is 5.82 Å². The van der Waals surface area contributed by atoms with Gasteiger partial charge >= 0.3 is 0 Å². The van der Waals surface area contributed by atoms with Crippen molar-refractivity contribution in [3.05, 3.63) is 76.8 Å². The van der Waals surface area contributed by atoms with Crippen molar-refractivity contribution in [1.82, 2.24) is 14.6 Å². The minimum Gasteiger partial charge on any atom is -0.228 e. The number of nitrogens with zero attached hydrogens (tertiary/aromatic N) is 3. The number of benzene rings is 2. The summed E-state index contributed by atoms with van der Waals surface area (Å²) in [6, 6.07) is 14.4. The number of aryl methyl sites for hydroxylation is 1. The Balaban J connectivity index is 1.76. The molecule has 0 radical (unpaired) electrons. The van der Waals surface area contributed by atoms with Gasteiger partial charge in [0, 0.05) is 27.4 Å². The summed E-state index contributed by atoms with van der Waals surface area (Å²) in [7, 11) is 0. The number of hydrogen-bond acceptors (Lipinski definition) is 2. The van der Waals surface area contributed by atoms with E-state index < -0.39 is 0 Å². The lowest BCUT2D eigenvalue weighted by molar-refractivity contribution is 0.435. The van der Waals surface area contributed by atoms with E-state index in [0.717, 1.165) is 53.7 Å². The number of fused-ring (bicyclic) bond motifs is 3. The predicted molar refractivity (Wildman–Crippen MR) is 115 cm³/mol. The summed E-state index contributed by atoms with van der Waals surface area (Å²) in [5.41, 5.74) is 7.20. The second-order valence-electron chi connectivity index (χ2n) is 7.71. The monoisotopic (exact) mass is 405 g/mol. The van der Waals surface area contributed by atoms with E-state index in [1.807, 2.05) is 47.1 Å². The molecule has 0 saturated heterocycles. The van der Waals surface area contributed by atoms with Crippen LogP contribution in [0.2, 0.25) is 5.02 Å². The van der Waals surface area contributed by atoms with Crippen LogP contribution in [0.1, 0.15) is 31.0 Å². The summed E-state index contributed by atoms with van der Waals surface area (Å²) in [6.45, 7) is 2.24. The van der Waals surface area contributed by atoms with Gasteiger partial charge in [0.1, 0.15) is 5.82 Å². The van der Waals surface area contributed by atoms with Crippen LogP contribution in [0, 0.1) is 11.7 Å². The van der Waals surface area contributed by atoms with E-state index in [2.05, 4.69) is 6.92 Å². The molecule has 0 aliphatic heterocycles. The van der Waals surface area contributed by atoms with Crippen LogP contribution in [0.5, 0.6) is 0 Å². The third-order valence-electron chi connectivity index (χ3n) is 5.98. The zero-order valence-corrected chi connectivity index (χ0v) is 17.0. The van der Waals surface area contributed by atoms with Gasteiger partial charge in [-0.2, -0.15) is 5.10 Å². The topological polar surface area (TPSA) is 30.2 Å². The molecule has 146 valence electrons. The van der Waals surface area contributed by atoms with Gasteiger partial charge in [-0.1, -0.05) is 37.1 Å². The van der Waals surface area contributed by atoms with Gasteiger partial charge in [-0.05, 0) is 67.1 Å². The highest BCUT2D eigenvalue weighted by atomic mass is 35.5. The van der Waals surface area contributed by atoms with Crippen molar-refractivity contribution in [3.8, 4) is 22.4 Å². The van der Waals surface area contributed by atoms with Crippen LogP contribution in [-0.2, 0) is 12.8 Å². The third kappa shape index (κ3) is 3.22. The van der Waals surface area contributed by atoms with Gasteiger partial charge in [0.05, 0.1) is 11.9 Å². The van der Waals surface area contributed by atoms with E-state index in [1.54, 1.807) is 0 Å². The second-order valence-corrected chi connectivity index (χ2v) is 8.15. The van der Waals surface area contributed by atoms with Crippen molar-refractivity contribution < 1.29 is 4.39 Å². The van der Waals surface area contributed by atoms with E-state index in [4.69, 9.17) is 21.7 Å². The smallest absolute Gasteiger partial charge is 0.163 e. The van der Waals surface area contributed by atoms with Gasteiger partial charge in [-0.3, -0.25) is 0 Å². The molecular formula is C24H21ClFN3. The first-order valence-electron chi connectivity index (χ1n) is 10.1. The fraction of sp³-hybridized carbons (Fsp3) is 0.250. The molecule has 0 amide bonds. The second kappa shape index (κ2) is 7.27. The molecule has 0 bridgehead atoms. The maximum absolute atomic E-state index is 13.5. The number of halogens is 2. The molecule has 1 atom stereocenters. The summed E-state index contributed by atoms with van der Waals surface area (Å²) < 4.78 is 15.5. The molecular weight excluding hydrogens is 385 g/mol. The molecule has 5 rings (SSSR count). The molecule has 3 nitrogen and oxygen atoms in total. The Labute approximate surface area is 174 Å². The van der Waals surface area contributed by atoms with E-state index in [0.29, 0.717) is 10.9 Å². The Bertz CT molecular complexity index is 1180. The summed E-state index contributed by atoms with van der Waals surface area (Å²) in [5, 5.41) is 5.39. The van der Waals surface area contributed by atoms with Gasteiger partial charge < -0.3 is 0 Å². The van der Waals surface area contributed by atoms with E-state index in [9.17, 15) is 4.39 Å². The van der Waals surface area contributed by atoms with Crippen molar-refractivity contribution in [2.45, 2.75) is 32.6 Å². The van der Waals surface area contributed by atoms with Gasteiger partial charge in [0.2, 0.25) is 0 Å². The Morgan fingerprint density at radius 3 is 2.52 bits per heavy atom. The summed E-state index contributed by atoms with van der Waals surface area (Å²) in [5.74, 6) is 0.411. The number of hydrogen-bond donors (Lipinski definition) is 0. The molecule has 29 heavy (non-hydrogen) atoms. The molecule has 2 aromatic carbocycles. The van der Waals surface area contributed by atoms with Gasteiger partial charge in [0.15, 0.2) is 5.65 Å². The van der Waals surface area contributed by atoms with Gasteiger partial charge in [-0.15, -0.1) is 0 Å². The molecule has 2 heterocycles. The Morgan fingerprint density at radius 1 is 1.07 bits per heavy atom. The molecule has 0 spiro atoms. The molecule has 0 N–H and O–H groups in total. The normalized spacial score (nSPS) is 16.2. The molecule has 5 heteroatoms. The average Bonchev–Trinajstić information content (AvgIpc) is 3.18. The number of aromatic nitrogens is 3. The maximum atomic E-state index is 13.5. The highest BCUT2D eigenvalue weighted by Crippen LogP contribution is 2.36. The van der Waals surface area contributed by atoms with Crippen LogP contribution in [0.25, 0.3) is 28.0 Å². The van der Waals surface area contributed by atoms with Crippen molar-refractivity contribution in [3.63, 3.8) is 0 Å². The van der Waals surface area contributed by atoms with Crippen molar-refractivity contribution >= 4 is 17.2 Å². The summed E-state index contributed by atoms with van der Waals surface area (Å²) >= 11 is 6.06. The first-order chi connectivity index (χ1) is 14.1. The lowest BCUT2D eigenvalue weighted by Crippen LogP contribution is -2.19. The molecule has 0 unspecified atom stereocenters. The fourth-order valence-electron chi connectivity index (χ4n) is 4.32. The van der Waals surface area contributed by atoms with Crippen LogP contribution in [-0.4, -0.2) is 14.6 Å². The molecule has 2 aromatic heterocycles. The van der Waals surface area contributed by atoms with Crippen LogP contribution in [0.3, 0.4) is 0 Å². The van der Waals surface area contributed by atoms with Crippen LogP contribution >= 0.6 is 11.6 Å². The van der Waals surface area contributed by atoms with Gasteiger partial charge in [-0.25, -0.2) is 13.9 Å². The van der Waals surface area contributed by atoms with Crippen molar-refractivity contribution in [1.29, 1.82) is 0 Å². The molecule has 0 fully saturated rings. The quantitative estimate of drug-likeness (QED) is 0.396. The molecule has 4 aromatic rings. The van der Waals surface area contributed by atoms with Crippen LogP contribution < -0.4 is 0 Å². The zero-order valence-electron chi connectivity index (χ0n) is 16.2. The number of rotatable bonds is 3. The Hall–Kier alpha value is -2.72. The SMILES string of the molecule is CC[C@H]1CCc2c(c(-c3ccc(F)cc3)nc3c(-c4ccc(Cl)cc4)cnn23)C1. The van der Waals surface area contributed by atoms with Crippen LogP contribution in [0.4, 0.5) is 4.39 Å². The lowest BCUT2D eigenvalue weighted by Gasteiger charge is -2.26. The highest BCUT2D eigenvalue weighted by molar-refractivity contribution is 6.30. The average molecular weight is 406 g/mol. The highest BCUT2D eigenvalue weighted by Gasteiger charge is 2.26.